The summed E-state index contributed by atoms with van der Waals surface area (Å²) in [6.45, 7) is 0. The Hall–Kier alpha value is 1.61. The van der Waals surface area contributed by atoms with E-state index in [9.17, 15) is 0 Å². The first-order valence-corrected chi connectivity index (χ1v) is 0. The zero-order valence-corrected chi connectivity index (χ0v) is 8.05. The van der Waals surface area contributed by atoms with Crippen LogP contribution in [0.1, 0.15) is 0 Å². The van der Waals surface area contributed by atoms with Gasteiger partial charge in [-0.15, -0.1) is 0 Å². The van der Waals surface area contributed by atoms with Gasteiger partial charge in [0.05, 0.1) is 0 Å². The fourth-order valence-corrected chi connectivity index (χ4v) is 0. The topological polar surface area (TPSA) is 0 Å². The average Bonchev–Trinajstić information content (AvgIpc) is 0. The van der Waals surface area contributed by atoms with Crippen LogP contribution in [0.25, 0.3) is 0 Å². The van der Waals surface area contributed by atoms with E-state index in [4.69, 9.17) is 0 Å². The van der Waals surface area contributed by atoms with Crippen molar-refractivity contribution in [2.24, 2.45) is 0 Å². The van der Waals surface area contributed by atoms with Gasteiger partial charge < -0.3 is 52.1 Å². The van der Waals surface area contributed by atoms with Gasteiger partial charge >= 0.3 is 22.4 Å². The van der Waals surface area contributed by atoms with Crippen molar-refractivity contribution in [1.29, 1.82) is 0 Å². The molecule has 0 rings (SSSR count). The smallest absolute Gasteiger partial charge is 1.00 e. The molecule has 0 spiro atoms. The van der Waals surface area contributed by atoms with Crippen LogP contribution in [-0.4, -0.2) is 0 Å². The number of halogens is 3. The van der Waals surface area contributed by atoms with Crippen LogP contribution >= 0.6 is 0 Å². The Kier molecular flexibility index (Phi) is 1720. The Morgan fingerprint density at radius 1 is 0.500 bits per heavy atom. The first kappa shape index (κ1) is 128. The third-order valence-corrected chi connectivity index (χ3v) is 0. The minimum absolute atomic E-state index is 0. The maximum atomic E-state index is 0. The zero-order valence-electron chi connectivity index (χ0n) is 3.58. The molecule has 0 saturated heterocycles. The van der Waals surface area contributed by atoms with E-state index in [1.165, 1.54) is 0 Å². The van der Waals surface area contributed by atoms with Gasteiger partial charge in [0.1, 0.15) is 0 Å². The van der Waals surface area contributed by atoms with E-state index in [1.54, 1.807) is 0 Å². The molecule has 6 heavy (non-hydrogen) atoms. The van der Waals surface area contributed by atoms with Crippen LogP contribution in [0.2, 0.25) is 0 Å². The molecule has 0 aliphatic heterocycles. The molecule has 4 heteroatoms. The minimum atomic E-state index is 0. The van der Waals surface area contributed by atoms with Crippen LogP contribution in [0.5, 0.6) is 0 Å². The second-order valence-electron chi connectivity index (χ2n) is 0. The van der Waals surface area contributed by atoms with E-state index in [0.717, 1.165) is 0 Å². The summed E-state index contributed by atoms with van der Waals surface area (Å²) in [5, 5.41) is 0. The maximum absolute atomic E-state index is 0. The van der Waals surface area contributed by atoms with Gasteiger partial charge in [0.2, 0.25) is 0 Å². The van der Waals surface area contributed by atoms with Crippen molar-refractivity contribution < 1.29 is 59.6 Å². The number of rotatable bonds is 0. The summed E-state index contributed by atoms with van der Waals surface area (Å²) in [6, 6.07) is 0. The molecule has 0 unspecified atom stereocenters. The van der Waals surface area contributed by atoms with Crippen LogP contribution in [0, 0.1) is 14.9 Å². The van der Waals surface area contributed by atoms with E-state index >= 15 is 0 Å². The van der Waals surface area contributed by atoms with E-state index in [-0.39, 0.29) is 74.5 Å². The minimum Gasteiger partial charge on any atom is -1.00 e. The predicted molar refractivity (Wildman–Crippen MR) is 12.8 cm³/mol. The van der Waals surface area contributed by atoms with E-state index < -0.39 is 0 Å². The number of hydrogen-bond acceptors (Lipinski definition) is 0. The van der Waals surface area contributed by atoms with Gasteiger partial charge in [-0.25, -0.2) is 0 Å². The molecule has 0 saturated carbocycles. The Morgan fingerprint density at radius 3 is 0.500 bits per heavy atom. The summed E-state index contributed by atoms with van der Waals surface area (Å²) >= 11 is 0. The SMILES string of the molecule is [CH3-].[CH3-].[Cl-].[Cl-].[Cl-].[Nb+5]. The molecule has 0 N–H and O–H groups in total. The van der Waals surface area contributed by atoms with E-state index in [0.29, 0.717) is 0 Å². The van der Waals surface area contributed by atoms with Gasteiger partial charge in [-0.1, -0.05) is 0 Å². The standard InChI is InChI=1S/2CH3.3ClH.Nb/h2*1H3;3*1H;/q2*-1;;;;+5/p-3. The van der Waals surface area contributed by atoms with Crippen molar-refractivity contribution >= 4 is 0 Å². The quantitative estimate of drug-likeness (QED) is 0.286. The molecule has 0 amide bonds. The molecule has 0 aliphatic rings. The van der Waals surface area contributed by atoms with Gasteiger partial charge in [-0.05, 0) is 0 Å². The molecule has 0 bridgehead atoms. The molecule has 40 valence electrons. The van der Waals surface area contributed by atoms with E-state index in [1.807, 2.05) is 0 Å². The summed E-state index contributed by atoms with van der Waals surface area (Å²) in [6.07, 6.45) is 0. The summed E-state index contributed by atoms with van der Waals surface area (Å²) in [5.74, 6) is 0. The molecule has 0 radical (unpaired) electrons. The zero-order chi connectivity index (χ0) is 0. The summed E-state index contributed by atoms with van der Waals surface area (Å²) in [5.41, 5.74) is 0. The first-order valence-electron chi connectivity index (χ1n) is 0. The molecule has 0 aromatic carbocycles. The maximum Gasteiger partial charge on any atom is 5.00 e. The van der Waals surface area contributed by atoms with Crippen LogP contribution in [0.4, 0.5) is 0 Å². The van der Waals surface area contributed by atoms with Gasteiger partial charge in [0, 0.05) is 0 Å². The van der Waals surface area contributed by atoms with Crippen LogP contribution < -0.4 is 37.2 Å². The second kappa shape index (κ2) is 80.2. The second-order valence-corrected chi connectivity index (χ2v) is 0. The largest absolute Gasteiger partial charge is 5.00 e. The molecular formula is C2H6Cl3Nb. The Morgan fingerprint density at radius 2 is 0.500 bits per heavy atom. The molecule has 0 aliphatic carbocycles. The monoisotopic (exact) mass is 228 g/mol. The summed E-state index contributed by atoms with van der Waals surface area (Å²) < 4.78 is 0. The fourth-order valence-electron chi connectivity index (χ4n) is 0. The predicted octanol–water partition coefficient (Wildman–Crippen LogP) is -8.09. The molecule has 0 fully saturated rings. The molecule has 0 nitrogen and oxygen atoms in total. The Labute approximate surface area is 74.2 Å². The van der Waals surface area contributed by atoms with Gasteiger partial charge in [0.25, 0.3) is 0 Å². The summed E-state index contributed by atoms with van der Waals surface area (Å²) in [7, 11) is 0. The fraction of sp³-hybridized carbons (Fsp3) is 0. The van der Waals surface area contributed by atoms with Crippen LogP contribution in [0.3, 0.4) is 0 Å². The third kappa shape index (κ3) is 46.0. The molecule has 0 atom stereocenters. The Balaban J connectivity index is 0. The molecule has 0 aromatic heterocycles. The van der Waals surface area contributed by atoms with Gasteiger partial charge in [-0.3, -0.25) is 0 Å². The van der Waals surface area contributed by atoms with Crippen molar-refractivity contribution in [2.75, 3.05) is 0 Å². The normalized spacial score (nSPS) is 0. The molecule has 0 aromatic rings. The first-order chi connectivity index (χ1) is 0. The van der Waals surface area contributed by atoms with Crippen molar-refractivity contribution in [3.05, 3.63) is 14.9 Å². The average molecular weight is 229 g/mol. The van der Waals surface area contributed by atoms with Crippen molar-refractivity contribution in [1.82, 2.24) is 0 Å². The van der Waals surface area contributed by atoms with Gasteiger partial charge in [0.15, 0.2) is 0 Å². The van der Waals surface area contributed by atoms with Crippen LogP contribution in [-0.2, 0) is 22.4 Å². The van der Waals surface area contributed by atoms with E-state index in [2.05, 4.69) is 0 Å². The number of hydrogen-bond donors (Lipinski definition) is 0. The third-order valence-electron chi connectivity index (χ3n) is 0. The van der Waals surface area contributed by atoms with Crippen LogP contribution in [0.15, 0.2) is 0 Å². The van der Waals surface area contributed by atoms with Crippen molar-refractivity contribution in [2.45, 2.75) is 0 Å². The van der Waals surface area contributed by atoms with Crippen molar-refractivity contribution in [3.63, 3.8) is 0 Å². The molecule has 0 heterocycles. The van der Waals surface area contributed by atoms with Gasteiger partial charge in [-0.2, -0.15) is 0 Å². The van der Waals surface area contributed by atoms with Crippen molar-refractivity contribution in [3.8, 4) is 0 Å². The molecular weight excluding hydrogens is 223 g/mol. The summed E-state index contributed by atoms with van der Waals surface area (Å²) in [4.78, 5) is 0. The Bertz CT molecular complexity index is 8.75.